The van der Waals surface area contributed by atoms with Crippen LogP contribution in [0.4, 0.5) is 19.0 Å². The Bertz CT molecular complexity index is 1070. The number of halogens is 3. The third-order valence-electron chi connectivity index (χ3n) is 5.55. The predicted molar refractivity (Wildman–Crippen MR) is 110 cm³/mol. The van der Waals surface area contributed by atoms with Crippen LogP contribution in [0, 0.1) is 0 Å². The molecule has 0 saturated heterocycles. The highest BCUT2D eigenvalue weighted by atomic mass is 19.4. The van der Waals surface area contributed by atoms with E-state index in [1.807, 2.05) is 6.07 Å². The SMILES string of the molecule is COc1ccccc1C(=O)N[C@H]1CC[C@@H](Nc2cccc3nc(C(F)(F)F)cn23)CC1. The van der Waals surface area contributed by atoms with Crippen LogP contribution < -0.4 is 15.4 Å². The Morgan fingerprint density at radius 1 is 1.06 bits per heavy atom. The van der Waals surface area contributed by atoms with Gasteiger partial charge in [0, 0.05) is 18.3 Å². The largest absolute Gasteiger partial charge is 0.496 e. The number of carbonyl (C=O) groups excluding carboxylic acids is 1. The number of carbonyl (C=O) groups is 1. The van der Waals surface area contributed by atoms with Crippen LogP contribution in [-0.2, 0) is 6.18 Å². The number of amides is 1. The quantitative estimate of drug-likeness (QED) is 0.622. The fraction of sp³-hybridized carbons (Fsp3) is 0.364. The van der Waals surface area contributed by atoms with Gasteiger partial charge in [0.25, 0.3) is 5.91 Å². The summed E-state index contributed by atoms with van der Waals surface area (Å²) in [4.78, 5) is 16.3. The maximum Gasteiger partial charge on any atom is 0.434 e. The van der Waals surface area contributed by atoms with Crippen molar-refractivity contribution in [3.63, 3.8) is 0 Å². The number of hydrogen-bond donors (Lipinski definition) is 2. The first-order chi connectivity index (χ1) is 14.8. The van der Waals surface area contributed by atoms with E-state index in [0.29, 0.717) is 17.1 Å². The average molecular weight is 432 g/mol. The van der Waals surface area contributed by atoms with Crippen LogP contribution in [0.2, 0.25) is 0 Å². The lowest BCUT2D eigenvalue weighted by Crippen LogP contribution is -2.40. The maximum atomic E-state index is 13.0. The number of ether oxygens (including phenoxy) is 1. The van der Waals surface area contributed by atoms with Crippen molar-refractivity contribution in [2.24, 2.45) is 0 Å². The van der Waals surface area contributed by atoms with Crippen molar-refractivity contribution in [3.05, 3.63) is 59.9 Å². The molecular formula is C22H23F3N4O2. The molecule has 1 aromatic carbocycles. The van der Waals surface area contributed by atoms with Crippen LogP contribution in [0.5, 0.6) is 5.75 Å². The van der Waals surface area contributed by atoms with E-state index in [2.05, 4.69) is 15.6 Å². The fourth-order valence-electron chi connectivity index (χ4n) is 3.95. The highest BCUT2D eigenvalue weighted by molar-refractivity contribution is 5.97. The normalized spacial score (nSPS) is 19.2. The molecule has 4 rings (SSSR count). The molecule has 1 aliphatic carbocycles. The molecule has 1 amide bonds. The number of rotatable bonds is 5. The van der Waals surface area contributed by atoms with Crippen molar-refractivity contribution < 1.29 is 22.7 Å². The zero-order chi connectivity index (χ0) is 22.0. The number of pyridine rings is 1. The summed E-state index contributed by atoms with van der Waals surface area (Å²) >= 11 is 0. The van der Waals surface area contributed by atoms with Gasteiger partial charge in [0.05, 0.1) is 12.7 Å². The van der Waals surface area contributed by atoms with Crippen LogP contribution in [0.3, 0.4) is 0 Å². The Labute approximate surface area is 177 Å². The molecule has 1 aliphatic rings. The first-order valence-electron chi connectivity index (χ1n) is 10.1. The molecule has 1 saturated carbocycles. The summed E-state index contributed by atoms with van der Waals surface area (Å²) in [7, 11) is 1.53. The van der Waals surface area contributed by atoms with Gasteiger partial charge in [-0.05, 0) is 49.9 Å². The molecule has 3 aromatic rings. The Kier molecular flexibility index (Phi) is 5.75. The summed E-state index contributed by atoms with van der Waals surface area (Å²) in [6.07, 6.45) is -0.363. The number of fused-ring (bicyclic) bond motifs is 1. The number of nitrogens with zero attached hydrogens (tertiary/aromatic N) is 2. The van der Waals surface area contributed by atoms with Crippen molar-refractivity contribution in [1.29, 1.82) is 0 Å². The minimum Gasteiger partial charge on any atom is -0.496 e. The van der Waals surface area contributed by atoms with E-state index < -0.39 is 11.9 Å². The molecule has 31 heavy (non-hydrogen) atoms. The van der Waals surface area contributed by atoms with Crippen LogP contribution in [0.15, 0.2) is 48.7 Å². The number of methoxy groups -OCH3 is 1. The Balaban J connectivity index is 1.37. The first-order valence-corrected chi connectivity index (χ1v) is 10.1. The molecule has 0 atom stereocenters. The lowest BCUT2D eigenvalue weighted by molar-refractivity contribution is -0.140. The van der Waals surface area contributed by atoms with Gasteiger partial charge in [-0.1, -0.05) is 18.2 Å². The molecule has 2 heterocycles. The molecule has 1 fully saturated rings. The van der Waals surface area contributed by atoms with Crippen LogP contribution in [-0.4, -0.2) is 34.5 Å². The second-order valence-corrected chi connectivity index (χ2v) is 7.63. The van der Waals surface area contributed by atoms with Gasteiger partial charge in [-0.3, -0.25) is 9.20 Å². The highest BCUT2D eigenvalue weighted by Gasteiger charge is 2.34. The minimum absolute atomic E-state index is 0.0383. The van der Waals surface area contributed by atoms with Crippen LogP contribution in [0.25, 0.3) is 5.65 Å². The first kappa shape index (κ1) is 21.0. The van der Waals surface area contributed by atoms with Gasteiger partial charge in [-0.25, -0.2) is 4.98 Å². The topological polar surface area (TPSA) is 67.7 Å². The molecule has 0 radical (unpaired) electrons. The lowest BCUT2D eigenvalue weighted by Gasteiger charge is -2.30. The van der Waals surface area contributed by atoms with E-state index in [1.165, 1.54) is 11.5 Å². The van der Waals surface area contributed by atoms with E-state index in [-0.39, 0.29) is 23.6 Å². The van der Waals surface area contributed by atoms with Crippen LogP contribution >= 0.6 is 0 Å². The van der Waals surface area contributed by atoms with E-state index in [0.717, 1.165) is 31.9 Å². The third kappa shape index (κ3) is 4.60. The Hall–Kier alpha value is -3.23. The molecule has 0 bridgehead atoms. The van der Waals surface area contributed by atoms with Gasteiger partial charge in [0.1, 0.15) is 17.2 Å². The Morgan fingerprint density at radius 2 is 1.77 bits per heavy atom. The summed E-state index contributed by atoms with van der Waals surface area (Å²) in [5.74, 6) is 0.931. The van der Waals surface area contributed by atoms with Gasteiger partial charge in [-0.15, -0.1) is 0 Å². The monoisotopic (exact) mass is 432 g/mol. The number of hydrogen-bond acceptors (Lipinski definition) is 4. The summed E-state index contributed by atoms with van der Waals surface area (Å²) in [6.45, 7) is 0. The van der Waals surface area contributed by atoms with Crippen molar-refractivity contribution in [2.45, 2.75) is 43.9 Å². The van der Waals surface area contributed by atoms with E-state index >= 15 is 0 Å². The highest BCUT2D eigenvalue weighted by Crippen LogP contribution is 2.30. The lowest BCUT2D eigenvalue weighted by atomic mass is 9.91. The number of para-hydroxylation sites is 1. The standard InChI is InChI=1S/C22H23F3N4O2/c1-31-17-6-3-2-5-16(17)21(30)27-15-11-9-14(10-12-15)26-19-7-4-8-20-28-18(13-29(19)20)22(23,24)25/h2-8,13-15,26H,9-12H2,1H3,(H,27,30)/t14-,15+. The average Bonchev–Trinajstić information content (AvgIpc) is 3.21. The van der Waals surface area contributed by atoms with E-state index in [9.17, 15) is 18.0 Å². The molecule has 164 valence electrons. The number of anilines is 1. The summed E-state index contributed by atoms with van der Waals surface area (Å²) in [5.41, 5.74) is -0.169. The van der Waals surface area contributed by atoms with Crippen molar-refractivity contribution in [3.8, 4) is 5.75 Å². The zero-order valence-electron chi connectivity index (χ0n) is 16.9. The van der Waals surface area contributed by atoms with Crippen molar-refractivity contribution in [1.82, 2.24) is 14.7 Å². The minimum atomic E-state index is -4.49. The predicted octanol–water partition coefficient (Wildman–Crippen LogP) is 4.51. The maximum absolute atomic E-state index is 13.0. The summed E-state index contributed by atoms with van der Waals surface area (Å²) in [5, 5.41) is 6.39. The van der Waals surface area contributed by atoms with E-state index in [4.69, 9.17) is 4.74 Å². The Morgan fingerprint density at radius 3 is 2.48 bits per heavy atom. The van der Waals surface area contributed by atoms with Gasteiger partial charge >= 0.3 is 6.18 Å². The van der Waals surface area contributed by atoms with Gasteiger partial charge in [0.2, 0.25) is 0 Å². The number of imidazole rings is 1. The van der Waals surface area contributed by atoms with Crippen molar-refractivity contribution >= 4 is 17.4 Å². The van der Waals surface area contributed by atoms with Gasteiger partial charge < -0.3 is 15.4 Å². The second kappa shape index (κ2) is 8.49. The molecule has 6 nitrogen and oxygen atoms in total. The van der Waals surface area contributed by atoms with Crippen molar-refractivity contribution in [2.75, 3.05) is 12.4 Å². The smallest absolute Gasteiger partial charge is 0.434 e. The second-order valence-electron chi connectivity index (χ2n) is 7.63. The molecule has 0 spiro atoms. The number of benzene rings is 1. The molecule has 0 aliphatic heterocycles. The van der Waals surface area contributed by atoms with E-state index in [1.54, 1.807) is 36.4 Å². The third-order valence-corrected chi connectivity index (χ3v) is 5.55. The fourth-order valence-corrected chi connectivity index (χ4v) is 3.95. The number of nitrogens with one attached hydrogen (secondary N) is 2. The zero-order valence-corrected chi connectivity index (χ0v) is 16.9. The van der Waals surface area contributed by atoms with Crippen LogP contribution in [0.1, 0.15) is 41.7 Å². The summed E-state index contributed by atoms with van der Waals surface area (Å²) in [6, 6.07) is 12.2. The molecule has 9 heteroatoms. The van der Waals surface area contributed by atoms with Gasteiger partial charge in [-0.2, -0.15) is 13.2 Å². The van der Waals surface area contributed by atoms with Gasteiger partial charge in [0.15, 0.2) is 5.69 Å². The molecule has 2 N–H and O–H groups in total. The molecular weight excluding hydrogens is 409 g/mol. The molecule has 0 unspecified atom stereocenters. The summed E-state index contributed by atoms with van der Waals surface area (Å²) < 4.78 is 45.7. The molecule has 2 aromatic heterocycles. The number of aromatic nitrogens is 2. The number of alkyl halides is 3.